The Bertz CT molecular complexity index is 597. The van der Waals surface area contributed by atoms with E-state index in [4.69, 9.17) is 0 Å². The fourth-order valence-corrected chi connectivity index (χ4v) is 3.34. The van der Waals surface area contributed by atoms with Crippen LogP contribution in [0.1, 0.15) is 22.4 Å². The van der Waals surface area contributed by atoms with Crippen LogP contribution in [0.2, 0.25) is 0 Å². The Hall–Kier alpha value is -1.63. The van der Waals surface area contributed by atoms with Gasteiger partial charge in [0, 0.05) is 17.8 Å². The number of nitrogens with zero attached hydrogens (tertiary/aromatic N) is 1. The molecule has 0 radical (unpaired) electrons. The van der Waals surface area contributed by atoms with Gasteiger partial charge in [0.25, 0.3) is 0 Å². The van der Waals surface area contributed by atoms with E-state index >= 15 is 0 Å². The number of nitriles is 1. The second-order valence-electron chi connectivity index (χ2n) is 5.07. The number of fused-ring (bicyclic) bond motifs is 1. The van der Waals surface area contributed by atoms with Crippen LogP contribution in [-0.2, 0) is 19.4 Å². The summed E-state index contributed by atoms with van der Waals surface area (Å²) in [5.41, 5.74) is 2.30. The van der Waals surface area contributed by atoms with Crippen LogP contribution in [0.25, 0.3) is 0 Å². The predicted molar refractivity (Wildman–Crippen MR) is 78.0 cm³/mol. The van der Waals surface area contributed by atoms with Crippen molar-refractivity contribution in [3.63, 3.8) is 0 Å². The van der Waals surface area contributed by atoms with E-state index in [-0.39, 0.29) is 0 Å². The zero-order chi connectivity index (χ0) is 13.1. The largest absolute Gasteiger partial charge is 0.294 e. The van der Waals surface area contributed by atoms with Crippen LogP contribution in [0, 0.1) is 11.3 Å². The van der Waals surface area contributed by atoms with Gasteiger partial charge in [-0.15, -0.1) is 11.3 Å². The van der Waals surface area contributed by atoms with E-state index in [2.05, 4.69) is 53.2 Å². The summed E-state index contributed by atoms with van der Waals surface area (Å²) in [6.45, 7) is 0.785. The molecule has 1 aliphatic carbocycles. The van der Waals surface area contributed by atoms with E-state index in [1.165, 1.54) is 16.0 Å². The zero-order valence-electron chi connectivity index (χ0n) is 10.7. The van der Waals surface area contributed by atoms with Gasteiger partial charge < -0.3 is 0 Å². The minimum atomic E-state index is -0.404. The van der Waals surface area contributed by atoms with E-state index < -0.39 is 5.54 Å². The number of hydrogen-bond acceptors (Lipinski definition) is 3. The van der Waals surface area contributed by atoms with Crippen molar-refractivity contribution in [2.45, 2.75) is 31.3 Å². The Morgan fingerprint density at radius 2 is 2.05 bits per heavy atom. The summed E-state index contributed by atoms with van der Waals surface area (Å²) in [6.07, 6.45) is 2.69. The molecule has 3 rings (SSSR count). The molecule has 0 saturated carbocycles. The lowest BCUT2D eigenvalue weighted by molar-refractivity contribution is 0.365. The monoisotopic (exact) mass is 268 g/mol. The molecule has 0 saturated heterocycles. The molecule has 0 fully saturated rings. The summed E-state index contributed by atoms with van der Waals surface area (Å²) in [7, 11) is 0. The SMILES string of the molecule is N#CC1(NCc2cccs2)CCc2ccccc2C1. The normalized spacial score (nSPS) is 21.6. The van der Waals surface area contributed by atoms with Crippen molar-refractivity contribution in [2.75, 3.05) is 0 Å². The first kappa shape index (κ1) is 12.4. The third-order valence-electron chi connectivity index (χ3n) is 3.83. The molecule has 2 nitrogen and oxygen atoms in total. The number of hydrogen-bond donors (Lipinski definition) is 1. The average Bonchev–Trinajstić information content (AvgIpc) is 2.98. The van der Waals surface area contributed by atoms with Crippen LogP contribution >= 0.6 is 11.3 Å². The number of nitrogens with one attached hydrogen (secondary N) is 1. The first-order chi connectivity index (χ1) is 9.31. The topological polar surface area (TPSA) is 35.8 Å². The van der Waals surface area contributed by atoms with Crippen molar-refractivity contribution >= 4 is 11.3 Å². The minimum absolute atomic E-state index is 0.404. The molecule has 1 unspecified atom stereocenters. The van der Waals surface area contributed by atoms with E-state index in [1.807, 2.05) is 0 Å². The highest BCUT2D eigenvalue weighted by atomic mass is 32.1. The number of benzene rings is 1. The summed E-state index contributed by atoms with van der Waals surface area (Å²) >= 11 is 1.73. The minimum Gasteiger partial charge on any atom is -0.294 e. The molecule has 1 aromatic heterocycles. The summed E-state index contributed by atoms with van der Waals surface area (Å²) in [5.74, 6) is 0. The Morgan fingerprint density at radius 1 is 1.21 bits per heavy atom. The first-order valence-electron chi connectivity index (χ1n) is 6.57. The number of thiophene rings is 1. The van der Waals surface area contributed by atoms with Crippen molar-refractivity contribution in [3.8, 4) is 6.07 Å². The van der Waals surface area contributed by atoms with E-state index in [0.717, 1.165) is 25.8 Å². The van der Waals surface area contributed by atoms with Crippen molar-refractivity contribution in [3.05, 3.63) is 57.8 Å². The first-order valence-corrected chi connectivity index (χ1v) is 7.45. The summed E-state index contributed by atoms with van der Waals surface area (Å²) in [5, 5.41) is 15.1. The van der Waals surface area contributed by atoms with Gasteiger partial charge in [-0.3, -0.25) is 5.32 Å². The van der Waals surface area contributed by atoms with Gasteiger partial charge in [-0.1, -0.05) is 30.3 Å². The van der Waals surface area contributed by atoms with Gasteiger partial charge in [0.1, 0.15) is 5.54 Å². The molecule has 1 aliphatic rings. The lowest BCUT2D eigenvalue weighted by Gasteiger charge is -2.33. The Labute approximate surface area is 117 Å². The summed E-state index contributed by atoms with van der Waals surface area (Å²) in [6, 6.07) is 15.1. The van der Waals surface area contributed by atoms with Gasteiger partial charge in [-0.2, -0.15) is 5.26 Å². The molecule has 96 valence electrons. The van der Waals surface area contributed by atoms with Crippen molar-refractivity contribution in [1.29, 1.82) is 5.26 Å². The smallest absolute Gasteiger partial charge is 0.111 e. The molecule has 0 spiro atoms. The fraction of sp³-hybridized carbons (Fsp3) is 0.312. The van der Waals surface area contributed by atoms with Gasteiger partial charge in [0.15, 0.2) is 0 Å². The van der Waals surface area contributed by atoms with Crippen molar-refractivity contribution in [2.24, 2.45) is 0 Å². The van der Waals surface area contributed by atoms with Gasteiger partial charge in [-0.25, -0.2) is 0 Å². The molecule has 0 amide bonds. The number of aryl methyl sites for hydroxylation is 1. The average molecular weight is 268 g/mol. The fourth-order valence-electron chi connectivity index (χ4n) is 2.69. The Balaban J connectivity index is 1.77. The van der Waals surface area contributed by atoms with E-state index in [0.29, 0.717) is 0 Å². The van der Waals surface area contributed by atoms with Crippen molar-refractivity contribution < 1.29 is 0 Å². The lowest BCUT2D eigenvalue weighted by atomic mass is 9.79. The molecule has 2 aromatic rings. The number of rotatable bonds is 3. The second kappa shape index (κ2) is 5.16. The van der Waals surface area contributed by atoms with Crippen LogP contribution < -0.4 is 5.32 Å². The Morgan fingerprint density at radius 3 is 2.79 bits per heavy atom. The molecule has 3 heteroatoms. The maximum absolute atomic E-state index is 9.59. The second-order valence-corrected chi connectivity index (χ2v) is 6.10. The molecule has 1 atom stereocenters. The molecule has 1 aromatic carbocycles. The van der Waals surface area contributed by atoms with Crippen LogP contribution in [0.5, 0.6) is 0 Å². The molecule has 0 bridgehead atoms. The third-order valence-corrected chi connectivity index (χ3v) is 4.70. The molecular weight excluding hydrogens is 252 g/mol. The quantitative estimate of drug-likeness (QED) is 0.927. The maximum atomic E-state index is 9.59. The van der Waals surface area contributed by atoms with Crippen molar-refractivity contribution in [1.82, 2.24) is 5.32 Å². The van der Waals surface area contributed by atoms with Gasteiger partial charge in [0.2, 0.25) is 0 Å². The van der Waals surface area contributed by atoms with Crippen LogP contribution in [-0.4, -0.2) is 5.54 Å². The predicted octanol–water partition coefficient (Wildman–Crippen LogP) is 3.29. The molecule has 1 heterocycles. The van der Waals surface area contributed by atoms with Crippen LogP contribution in [0.15, 0.2) is 41.8 Å². The van der Waals surface area contributed by atoms with Gasteiger partial charge in [-0.05, 0) is 35.4 Å². The maximum Gasteiger partial charge on any atom is 0.111 e. The molecule has 19 heavy (non-hydrogen) atoms. The van der Waals surface area contributed by atoms with Gasteiger partial charge in [0.05, 0.1) is 6.07 Å². The third kappa shape index (κ3) is 2.56. The standard InChI is InChI=1S/C16H16N2S/c17-12-16(18-11-15-6-3-9-19-15)8-7-13-4-1-2-5-14(13)10-16/h1-6,9,18H,7-8,10-11H2. The highest BCUT2D eigenvalue weighted by molar-refractivity contribution is 7.09. The van der Waals surface area contributed by atoms with Gasteiger partial charge >= 0.3 is 0 Å². The highest BCUT2D eigenvalue weighted by Gasteiger charge is 2.33. The highest BCUT2D eigenvalue weighted by Crippen LogP contribution is 2.28. The molecule has 1 N–H and O–H groups in total. The summed E-state index contributed by atoms with van der Waals surface area (Å²) in [4.78, 5) is 1.29. The molecular formula is C16H16N2S. The van der Waals surface area contributed by atoms with E-state index in [9.17, 15) is 5.26 Å². The molecule has 0 aliphatic heterocycles. The Kier molecular flexibility index (Phi) is 3.37. The summed E-state index contributed by atoms with van der Waals surface area (Å²) < 4.78 is 0. The zero-order valence-corrected chi connectivity index (χ0v) is 11.5. The van der Waals surface area contributed by atoms with Crippen LogP contribution in [0.4, 0.5) is 0 Å². The van der Waals surface area contributed by atoms with E-state index in [1.54, 1.807) is 11.3 Å². The lowest BCUT2D eigenvalue weighted by Crippen LogP contribution is -2.47. The van der Waals surface area contributed by atoms with Crippen LogP contribution in [0.3, 0.4) is 0 Å².